The van der Waals surface area contributed by atoms with E-state index in [1.165, 1.54) is 5.01 Å². The number of guanidine groups is 1. The molecule has 0 unspecified atom stereocenters. The molecule has 5 N–H and O–H groups in total. The molecule has 7 heteroatoms. The van der Waals surface area contributed by atoms with Crippen molar-refractivity contribution in [1.82, 2.24) is 4.90 Å². The summed E-state index contributed by atoms with van der Waals surface area (Å²) in [6.07, 6.45) is 0. The molecule has 0 aliphatic heterocycles. The average Bonchev–Trinajstić information content (AvgIpc) is 2.16. The number of hydrogen-bond acceptors (Lipinski definition) is 3. The first-order valence-corrected chi connectivity index (χ1v) is 4.19. The maximum atomic E-state index is 7.65. The van der Waals surface area contributed by atoms with Crippen LogP contribution in [0.25, 0.3) is 0 Å². The van der Waals surface area contributed by atoms with Gasteiger partial charge < -0.3 is 10.6 Å². The van der Waals surface area contributed by atoms with Crippen LogP contribution in [0, 0.1) is 5.41 Å². The molecule has 0 heterocycles. The summed E-state index contributed by atoms with van der Waals surface area (Å²) in [5.74, 6) is 5.91. The molecule has 0 aliphatic rings. The van der Waals surface area contributed by atoms with Gasteiger partial charge in [-0.15, -0.1) is 24.8 Å². The molecule has 1 rings (SSSR count). The highest BCUT2D eigenvalue weighted by Crippen LogP contribution is 2.19. The van der Waals surface area contributed by atoms with Crippen LogP contribution in [0.5, 0.6) is 0 Å². The van der Waals surface area contributed by atoms with E-state index in [-0.39, 0.29) is 30.8 Å². The SMILES string of the molecule is CN(C)C(=N)N(N)c1ccccc1N.Cl.Cl. The number of rotatable bonds is 1. The van der Waals surface area contributed by atoms with E-state index in [0.29, 0.717) is 11.4 Å². The molecule has 0 bridgehead atoms. The topological polar surface area (TPSA) is 82.4 Å². The largest absolute Gasteiger partial charge is 0.397 e. The van der Waals surface area contributed by atoms with Gasteiger partial charge in [0.25, 0.3) is 0 Å². The number of hydrogen-bond donors (Lipinski definition) is 3. The van der Waals surface area contributed by atoms with Crippen LogP contribution in [-0.2, 0) is 0 Å². The Labute approximate surface area is 108 Å². The molecule has 0 aliphatic carbocycles. The smallest absolute Gasteiger partial charge is 0.212 e. The molecule has 0 radical (unpaired) electrons. The zero-order valence-corrected chi connectivity index (χ0v) is 10.8. The lowest BCUT2D eigenvalue weighted by Gasteiger charge is -2.25. The molecule has 0 spiro atoms. The molecule has 5 nitrogen and oxygen atoms in total. The maximum absolute atomic E-state index is 7.65. The number of benzene rings is 1. The van der Waals surface area contributed by atoms with Gasteiger partial charge in [-0.1, -0.05) is 12.1 Å². The second-order valence-corrected chi connectivity index (χ2v) is 3.15. The number of para-hydroxylation sites is 2. The summed E-state index contributed by atoms with van der Waals surface area (Å²) >= 11 is 0. The summed E-state index contributed by atoms with van der Waals surface area (Å²) in [7, 11) is 3.50. The lowest BCUT2D eigenvalue weighted by atomic mass is 10.2. The molecule has 0 saturated carbocycles. The van der Waals surface area contributed by atoms with Gasteiger partial charge in [0.1, 0.15) is 0 Å². The van der Waals surface area contributed by atoms with E-state index in [1.807, 2.05) is 12.1 Å². The molecular formula is C9H17Cl2N5. The van der Waals surface area contributed by atoms with Gasteiger partial charge >= 0.3 is 0 Å². The molecule has 0 aromatic heterocycles. The van der Waals surface area contributed by atoms with Gasteiger partial charge in [-0.3, -0.25) is 5.41 Å². The Balaban J connectivity index is 0. The van der Waals surface area contributed by atoms with E-state index >= 15 is 0 Å². The number of anilines is 2. The molecule has 92 valence electrons. The first-order chi connectivity index (χ1) is 6.54. The van der Waals surface area contributed by atoms with Crippen LogP contribution < -0.4 is 16.6 Å². The Morgan fingerprint density at radius 3 is 2.12 bits per heavy atom. The molecule has 16 heavy (non-hydrogen) atoms. The normalized spacial score (nSPS) is 8.44. The Kier molecular flexibility index (Phi) is 7.71. The van der Waals surface area contributed by atoms with Gasteiger partial charge in [-0.25, -0.2) is 10.9 Å². The number of nitrogen functional groups attached to an aromatic ring is 1. The first-order valence-electron chi connectivity index (χ1n) is 4.19. The van der Waals surface area contributed by atoms with Crippen molar-refractivity contribution < 1.29 is 0 Å². The predicted molar refractivity (Wildman–Crippen MR) is 73.4 cm³/mol. The third-order valence-electron chi connectivity index (χ3n) is 1.85. The minimum absolute atomic E-state index is 0. The number of nitrogens with two attached hydrogens (primary N) is 2. The Morgan fingerprint density at radius 2 is 1.69 bits per heavy atom. The first kappa shape index (κ1) is 17.2. The highest BCUT2D eigenvalue weighted by molar-refractivity contribution is 5.95. The van der Waals surface area contributed by atoms with Gasteiger partial charge in [0.05, 0.1) is 11.4 Å². The van der Waals surface area contributed by atoms with E-state index in [0.717, 1.165) is 0 Å². The molecule has 0 amide bonds. The van der Waals surface area contributed by atoms with Crippen molar-refractivity contribution in [2.24, 2.45) is 5.84 Å². The Bertz CT molecular complexity index is 342. The van der Waals surface area contributed by atoms with Crippen LogP contribution in [0.2, 0.25) is 0 Å². The van der Waals surface area contributed by atoms with Crippen molar-refractivity contribution in [3.8, 4) is 0 Å². The van der Waals surface area contributed by atoms with E-state index in [4.69, 9.17) is 17.0 Å². The number of halogens is 2. The van der Waals surface area contributed by atoms with Gasteiger partial charge in [0, 0.05) is 14.1 Å². The fourth-order valence-corrected chi connectivity index (χ4v) is 1.04. The van der Waals surface area contributed by atoms with Crippen LogP contribution in [0.15, 0.2) is 24.3 Å². The van der Waals surface area contributed by atoms with Crippen molar-refractivity contribution in [3.05, 3.63) is 24.3 Å². The average molecular weight is 266 g/mol. The van der Waals surface area contributed by atoms with Crippen molar-refractivity contribution in [2.45, 2.75) is 0 Å². The van der Waals surface area contributed by atoms with Crippen molar-refractivity contribution >= 4 is 42.1 Å². The summed E-state index contributed by atoms with van der Waals surface area (Å²) in [5.41, 5.74) is 6.91. The van der Waals surface area contributed by atoms with Crippen LogP contribution in [0.4, 0.5) is 11.4 Å². The van der Waals surface area contributed by atoms with Crippen molar-refractivity contribution in [3.63, 3.8) is 0 Å². The molecule has 0 fully saturated rings. The van der Waals surface area contributed by atoms with E-state index in [2.05, 4.69) is 0 Å². The quantitative estimate of drug-likeness (QED) is 0.235. The lowest BCUT2D eigenvalue weighted by Crippen LogP contribution is -2.45. The molecule has 1 aromatic rings. The predicted octanol–water partition coefficient (Wildman–Crippen LogP) is 1.29. The summed E-state index contributed by atoms with van der Waals surface area (Å²) in [6.45, 7) is 0. The fraction of sp³-hybridized carbons (Fsp3) is 0.222. The summed E-state index contributed by atoms with van der Waals surface area (Å²) in [5, 5.41) is 8.90. The third-order valence-corrected chi connectivity index (χ3v) is 1.85. The van der Waals surface area contributed by atoms with E-state index < -0.39 is 0 Å². The summed E-state index contributed by atoms with van der Waals surface area (Å²) in [6, 6.07) is 7.17. The molecular weight excluding hydrogens is 249 g/mol. The standard InChI is InChI=1S/C9H15N5.2ClH/c1-13(2)9(11)14(12)8-6-4-3-5-7(8)10;;/h3-6,11H,10,12H2,1-2H3;2*1H. The second-order valence-electron chi connectivity index (χ2n) is 3.15. The van der Waals surface area contributed by atoms with Gasteiger partial charge in [-0.2, -0.15) is 0 Å². The van der Waals surface area contributed by atoms with Crippen LogP contribution in [0.1, 0.15) is 0 Å². The van der Waals surface area contributed by atoms with Crippen molar-refractivity contribution in [2.75, 3.05) is 24.8 Å². The highest BCUT2D eigenvalue weighted by Gasteiger charge is 2.11. The van der Waals surface area contributed by atoms with Gasteiger partial charge in [-0.05, 0) is 12.1 Å². The van der Waals surface area contributed by atoms with Crippen LogP contribution >= 0.6 is 24.8 Å². The van der Waals surface area contributed by atoms with Crippen LogP contribution in [0.3, 0.4) is 0 Å². The molecule has 1 aromatic carbocycles. The zero-order chi connectivity index (χ0) is 10.7. The van der Waals surface area contributed by atoms with Crippen molar-refractivity contribution in [1.29, 1.82) is 5.41 Å². The minimum Gasteiger partial charge on any atom is -0.397 e. The minimum atomic E-state index is 0. The van der Waals surface area contributed by atoms with Gasteiger partial charge in [0.2, 0.25) is 5.96 Å². The van der Waals surface area contributed by atoms with Gasteiger partial charge in [0.15, 0.2) is 0 Å². The highest BCUT2D eigenvalue weighted by atomic mass is 35.5. The Morgan fingerprint density at radius 1 is 1.19 bits per heavy atom. The second kappa shape index (κ2) is 7.16. The van der Waals surface area contributed by atoms with E-state index in [9.17, 15) is 0 Å². The third kappa shape index (κ3) is 3.77. The van der Waals surface area contributed by atoms with Crippen LogP contribution in [-0.4, -0.2) is 25.0 Å². The molecule has 0 atom stereocenters. The fourth-order valence-electron chi connectivity index (χ4n) is 1.04. The summed E-state index contributed by atoms with van der Waals surface area (Å²) < 4.78 is 0. The number of nitrogens with zero attached hydrogens (tertiary/aromatic N) is 2. The summed E-state index contributed by atoms with van der Waals surface area (Å²) in [4.78, 5) is 1.60. The monoisotopic (exact) mass is 265 g/mol. The Hall–Kier alpha value is -1.17. The number of nitrogens with one attached hydrogen (secondary N) is 1. The van der Waals surface area contributed by atoms with E-state index in [1.54, 1.807) is 31.1 Å². The zero-order valence-electron chi connectivity index (χ0n) is 9.18. The molecule has 0 saturated heterocycles. The number of hydrazine groups is 1. The maximum Gasteiger partial charge on any atom is 0.212 e. The lowest BCUT2D eigenvalue weighted by molar-refractivity contribution is 0.599.